The van der Waals surface area contributed by atoms with Crippen molar-refractivity contribution in [3.05, 3.63) is 109 Å². The van der Waals surface area contributed by atoms with Crippen LogP contribution in [0.4, 0.5) is 0 Å². The van der Waals surface area contributed by atoms with E-state index in [0.717, 1.165) is 51.4 Å². The third-order valence-electron chi connectivity index (χ3n) is 11.4. The van der Waals surface area contributed by atoms with Crippen LogP contribution in [0.1, 0.15) is 275 Å². The molecule has 0 aromatic heterocycles. The summed E-state index contributed by atoms with van der Waals surface area (Å²) < 4.78 is 10.4. The number of carboxylic acid groups (broad SMARTS) is 2. The molecule has 0 bridgehead atoms. The second-order valence-electron chi connectivity index (χ2n) is 17.6. The van der Waals surface area contributed by atoms with Crippen molar-refractivity contribution in [3.8, 4) is 0 Å². The van der Waals surface area contributed by atoms with Gasteiger partial charge in [0.25, 0.3) is 0 Å². The van der Waals surface area contributed by atoms with Crippen molar-refractivity contribution in [2.75, 3.05) is 13.2 Å². The summed E-state index contributed by atoms with van der Waals surface area (Å²) in [4.78, 5) is 45.9. The Morgan fingerprint density at radius 2 is 0.681 bits per heavy atom. The zero-order chi connectivity index (χ0) is 50.6. The molecule has 0 atom stereocenters. The van der Waals surface area contributed by atoms with Gasteiger partial charge >= 0.3 is 35.8 Å². The Kier molecular flexibility index (Phi) is 56.2. The molecule has 9 heteroatoms. The SMILES string of the molecule is C/C=C/CCCCCCCCCCCOC(=O)c1ccccc1C(=O)[O-].C/C=C/CCCCCCCCCCCOC(=O)c1ccccc1C(=O)[O-].[CH2]CCCCCCC.[CH2]CCCCCCC.[Sn+2]. The van der Waals surface area contributed by atoms with Crippen LogP contribution in [0.2, 0.25) is 0 Å². The Labute approximate surface area is 439 Å². The number of carboxylic acids is 2. The summed E-state index contributed by atoms with van der Waals surface area (Å²) in [6.07, 6.45) is 48.4. The number of carbonyl (C=O) groups excluding carboxylic acids is 4. The second-order valence-corrected chi connectivity index (χ2v) is 17.6. The summed E-state index contributed by atoms with van der Waals surface area (Å²) in [5.74, 6) is -3.91. The minimum absolute atomic E-state index is 0. The number of esters is 2. The van der Waals surface area contributed by atoms with Crippen LogP contribution in [0.3, 0.4) is 0 Å². The molecule has 0 saturated carbocycles. The number of hydrogen-bond donors (Lipinski definition) is 0. The van der Waals surface area contributed by atoms with E-state index in [0.29, 0.717) is 13.2 Å². The second kappa shape index (κ2) is 55.5. The average molecular weight is 1060 g/mol. The fourth-order valence-corrected chi connectivity index (χ4v) is 7.26. The van der Waals surface area contributed by atoms with E-state index in [9.17, 15) is 29.4 Å². The summed E-state index contributed by atoms with van der Waals surface area (Å²) in [6.45, 7) is 16.8. The zero-order valence-electron chi connectivity index (χ0n) is 44.2. The summed E-state index contributed by atoms with van der Waals surface area (Å²) in [5.41, 5.74) is -0.129. The Hall–Kier alpha value is -3.40. The number of benzene rings is 2. The molecular formula is C60H96O8Sn. The van der Waals surface area contributed by atoms with Gasteiger partial charge in [-0.1, -0.05) is 255 Å². The molecule has 0 heterocycles. The maximum Gasteiger partial charge on any atom is 2.00 e. The van der Waals surface area contributed by atoms with Crippen LogP contribution in [-0.2, 0) is 9.47 Å². The van der Waals surface area contributed by atoms with Crippen molar-refractivity contribution in [1.29, 1.82) is 0 Å². The van der Waals surface area contributed by atoms with Gasteiger partial charge in [-0.2, -0.15) is 0 Å². The third kappa shape index (κ3) is 45.5. The fourth-order valence-electron chi connectivity index (χ4n) is 7.26. The summed E-state index contributed by atoms with van der Waals surface area (Å²) in [7, 11) is 0. The van der Waals surface area contributed by atoms with Crippen molar-refractivity contribution >= 4 is 47.8 Å². The number of aromatic carboxylic acids is 2. The molecule has 0 aliphatic rings. The van der Waals surface area contributed by atoms with Gasteiger partial charge in [0.15, 0.2) is 0 Å². The Morgan fingerprint density at radius 3 is 0.957 bits per heavy atom. The van der Waals surface area contributed by atoms with Gasteiger partial charge in [-0.25, -0.2) is 9.59 Å². The third-order valence-corrected chi connectivity index (χ3v) is 11.4. The van der Waals surface area contributed by atoms with Crippen molar-refractivity contribution in [1.82, 2.24) is 0 Å². The molecule has 0 N–H and O–H groups in total. The molecule has 0 spiro atoms. The molecule has 388 valence electrons. The Balaban J connectivity index is -0.000000950. The van der Waals surface area contributed by atoms with E-state index in [4.69, 9.17) is 9.47 Å². The first-order valence-corrected chi connectivity index (χ1v) is 26.9. The van der Waals surface area contributed by atoms with Crippen LogP contribution >= 0.6 is 0 Å². The molecule has 0 fully saturated rings. The largest absolute Gasteiger partial charge is 2.00 e. The van der Waals surface area contributed by atoms with Gasteiger partial charge in [0.2, 0.25) is 0 Å². The summed E-state index contributed by atoms with van der Waals surface area (Å²) in [6, 6.07) is 12.0. The minimum Gasteiger partial charge on any atom is -0.545 e. The summed E-state index contributed by atoms with van der Waals surface area (Å²) >= 11 is 0. The first-order chi connectivity index (χ1) is 33.2. The van der Waals surface area contributed by atoms with E-state index in [2.05, 4.69) is 65.8 Å². The van der Waals surface area contributed by atoms with E-state index in [1.807, 2.05) is 0 Å². The number of ether oxygens (including phenoxy) is 2. The monoisotopic (exact) mass is 1060 g/mol. The predicted molar refractivity (Wildman–Crippen MR) is 287 cm³/mol. The standard InChI is InChI=1S/2C22H32O4.2C8H17.Sn/c2*1-2-3-4-5-6-7-8-9-10-11-12-15-18-26-22(25)20-17-14-13-16-19(20)21(23)24;2*1-3-5-7-8-6-4-2;/h2*2-3,13-14,16-17H,4-12,15,18H2,1H3,(H,23,24);2*1,3-8H2,2H3;/q;;;;+2/p-2/b2*3-2+;;;. The number of hydrogen-bond acceptors (Lipinski definition) is 8. The molecule has 0 unspecified atom stereocenters. The zero-order valence-corrected chi connectivity index (χ0v) is 47.0. The number of carbonyl (C=O) groups is 4. The number of allylic oxidation sites excluding steroid dienone is 4. The number of rotatable bonds is 38. The maximum atomic E-state index is 12.0. The van der Waals surface area contributed by atoms with Crippen LogP contribution in [0, 0.1) is 13.8 Å². The predicted octanol–water partition coefficient (Wildman–Crippen LogP) is 15.3. The maximum absolute atomic E-state index is 12.0. The minimum atomic E-state index is -1.36. The topological polar surface area (TPSA) is 133 Å². The fraction of sp³-hybridized carbons (Fsp3) is 0.633. The van der Waals surface area contributed by atoms with E-state index < -0.39 is 23.9 Å². The molecule has 69 heavy (non-hydrogen) atoms. The molecule has 2 aromatic carbocycles. The van der Waals surface area contributed by atoms with E-state index in [1.165, 1.54) is 178 Å². The van der Waals surface area contributed by atoms with Gasteiger partial charge < -0.3 is 29.3 Å². The van der Waals surface area contributed by atoms with Gasteiger partial charge in [-0.3, -0.25) is 0 Å². The molecule has 2 aromatic rings. The first-order valence-electron chi connectivity index (χ1n) is 26.9. The van der Waals surface area contributed by atoms with Crippen molar-refractivity contribution in [2.24, 2.45) is 0 Å². The average Bonchev–Trinajstić information content (AvgIpc) is 3.35. The van der Waals surface area contributed by atoms with Gasteiger partial charge in [-0.15, -0.1) is 0 Å². The van der Waals surface area contributed by atoms with Gasteiger partial charge in [-0.05, 0) is 64.5 Å². The molecule has 0 saturated heterocycles. The molecule has 8 nitrogen and oxygen atoms in total. The van der Waals surface area contributed by atoms with Gasteiger partial charge in [0.05, 0.1) is 36.3 Å². The van der Waals surface area contributed by atoms with Crippen LogP contribution in [-0.4, -0.2) is 61.0 Å². The normalized spacial score (nSPS) is 10.5. The molecule has 0 aliphatic heterocycles. The molecular weight excluding hydrogens is 967 g/mol. The summed E-state index contributed by atoms with van der Waals surface area (Å²) in [5, 5.41) is 22.0. The van der Waals surface area contributed by atoms with Crippen molar-refractivity contribution in [2.45, 2.75) is 233 Å². The van der Waals surface area contributed by atoms with E-state index in [-0.39, 0.29) is 46.2 Å². The Bertz CT molecular complexity index is 1410. The molecule has 0 amide bonds. The van der Waals surface area contributed by atoms with Crippen LogP contribution in [0.25, 0.3) is 0 Å². The smallest absolute Gasteiger partial charge is 0.545 e. The first kappa shape index (κ1) is 69.9. The quantitative estimate of drug-likeness (QED) is 0.0281. The van der Waals surface area contributed by atoms with Crippen LogP contribution in [0.5, 0.6) is 0 Å². The molecule has 4 radical (unpaired) electrons. The van der Waals surface area contributed by atoms with E-state index >= 15 is 0 Å². The van der Waals surface area contributed by atoms with Crippen molar-refractivity contribution < 1.29 is 38.9 Å². The van der Waals surface area contributed by atoms with Crippen molar-refractivity contribution in [3.63, 3.8) is 0 Å². The molecule has 0 aliphatic carbocycles. The number of unbranched alkanes of at least 4 members (excludes halogenated alkanes) is 28. The van der Waals surface area contributed by atoms with Gasteiger partial charge in [0.1, 0.15) is 0 Å². The Morgan fingerprint density at radius 1 is 0.420 bits per heavy atom. The van der Waals surface area contributed by atoms with Crippen LogP contribution < -0.4 is 10.2 Å². The molecule has 2 rings (SSSR count). The van der Waals surface area contributed by atoms with E-state index in [1.54, 1.807) is 24.3 Å². The van der Waals surface area contributed by atoms with Gasteiger partial charge in [0, 0.05) is 11.1 Å². The van der Waals surface area contributed by atoms with Crippen LogP contribution in [0.15, 0.2) is 72.8 Å².